The lowest BCUT2D eigenvalue weighted by Crippen LogP contribution is -1.99. The first-order valence-corrected chi connectivity index (χ1v) is 4.36. The lowest BCUT2D eigenvalue weighted by atomic mass is 10.3. The predicted octanol–water partition coefficient (Wildman–Crippen LogP) is 1.74. The van der Waals surface area contributed by atoms with Crippen LogP contribution in [0.3, 0.4) is 0 Å². The summed E-state index contributed by atoms with van der Waals surface area (Å²) in [6.45, 7) is 0.760. The number of nitrogens with zero attached hydrogens (tertiary/aromatic N) is 2. The molecule has 1 heterocycles. The van der Waals surface area contributed by atoms with Crippen molar-refractivity contribution < 1.29 is 4.74 Å². The van der Waals surface area contributed by atoms with E-state index in [4.69, 9.17) is 10.00 Å². The molecule has 0 aliphatic heterocycles. The highest BCUT2D eigenvalue weighted by molar-refractivity contribution is 5.32. The molecule has 0 aromatic carbocycles. The van der Waals surface area contributed by atoms with Gasteiger partial charge in [-0.3, -0.25) is 4.98 Å². The van der Waals surface area contributed by atoms with Gasteiger partial charge in [0.2, 0.25) is 0 Å². The minimum absolute atomic E-state index is 0.549. The van der Waals surface area contributed by atoms with E-state index in [1.54, 1.807) is 12.3 Å². The first-order valence-electron chi connectivity index (χ1n) is 4.36. The molecule has 0 unspecified atom stereocenters. The fraction of sp³-hybridized carbons (Fsp3) is 0.400. The van der Waals surface area contributed by atoms with Gasteiger partial charge in [-0.05, 0) is 18.8 Å². The highest BCUT2D eigenvalue weighted by atomic mass is 16.5. The van der Waals surface area contributed by atoms with Crippen LogP contribution >= 0.6 is 0 Å². The van der Waals surface area contributed by atoms with Crippen molar-refractivity contribution in [3.8, 4) is 11.8 Å². The lowest BCUT2D eigenvalue weighted by molar-refractivity contribution is 0.298. The highest BCUT2D eigenvalue weighted by Crippen LogP contribution is 2.29. The van der Waals surface area contributed by atoms with Crippen LogP contribution in [0.25, 0.3) is 0 Å². The molecular formula is C10H10N2O. The van der Waals surface area contributed by atoms with Crippen molar-refractivity contribution in [2.24, 2.45) is 5.92 Å². The van der Waals surface area contributed by atoms with Crippen molar-refractivity contribution in [1.29, 1.82) is 5.26 Å². The van der Waals surface area contributed by atoms with Gasteiger partial charge in [0.1, 0.15) is 11.8 Å². The van der Waals surface area contributed by atoms with E-state index in [-0.39, 0.29) is 0 Å². The summed E-state index contributed by atoms with van der Waals surface area (Å²) in [4.78, 5) is 3.91. The Bertz CT molecular complexity index is 339. The fourth-order valence-corrected chi connectivity index (χ4v) is 1.06. The Hall–Kier alpha value is -1.56. The number of hydrogen-bond acceptors (Lipinski definition) is 3. The van der Waals surface area contributed by atoms with Gasteiger partial charge in [0, 0.05) is 12.3 Å². The van der Waals surface area contributed by atoms with E-state index < -0.39 is 0 Å². The van der Waals surface area contributed by atoms with E-state index in [1.165, 1.54) is 19.0 Å². The molecule has 2 rings (SSSR count). The summed E-state index contributed by atoms with van der Waals surface area (Å²) in [5.41, 5.74) is 0.549. The van der Waals surface area contributed by atoms with Gasteiger partial charge in [0.05, 0.1) is 18.4 Å². The van der Waals surface area contributed by atoms with Gasteiger partial charge in [0.15, 0.2) is 0 Å². The maximum absolute atomic E-state index is 8.61. The molecule has 13 heavy (non-hydrogen) atoms. The Morgan fingerprint density at radius 1 is 1.54 bits per heavy atom. The molecule has 66 valence electrons. The van der Waals surface area contributed by atoms with Crippen LogP contribution in [-0.4, -0.2) is 11.6 Å². The highest BCUT2D eigenvalue weighted by Gasteiger charge is 2.21. The van der Waals surface area contributed by atoms with Gasteiger partial charge < -0.3 is 4.74 Å². The molecule has 1 aliphatic carbocycles. The third-order valence-electron chi connectivity index (χ3n) is 2.02. The molecule has 1 fully saturated rings. The molecule has 1 aromatic rings. The summed E-state index contributed by atoms with van der Waals surface area (Å²) < 4.78 is 5.46. The summed E-state index contributed by atoms with van der Waals surface area (Å²) in [5, 5.41) is 8.61. The number of ether oxygens (including phenoxy) is 1. The first kappa shape index (κ1) is 8.06. The number of nitriles is 1. The SMILES string of the molecule is N#Cc1cncc(OCC2CC2)c1. The predicted molar refractivity (Wildman–Crippen MR) is 47.2 cm³/mol. The Labute approximate surface area is 77.0 Å². The van der Waals surface area contributed by atoms with Crippen molar-refractivity contribution >= 4 is 0 Å². The standard InChI is InChI=1S/C10H10N2O/c11-4-9-3-10(6-12-5-9)13-7-8-1-2-8/h3,5-6,8H,1-2,7H2. The van der Waals surface area contributed by atoms with Crippen LogP contribution in [0, 0.1) is 17.2 Å². The maximum atomic E-state index is 8.61. The van der Waals surface area contributed by atoms with Crippen molar-refractivity contribution in [1.82, 2.24) is 4.98 Å². The molecule has 0 spiro atoms. The molecule has 3 nitrogen and oxygen atoms in total. The van der Waals surface area contributed by atoms with Crippen LogP contribution < -0.4 is 4.74 Å². The average Bonchev–Trinajstić information content (AvgIpc) is 2.99. The van der Waals surface area contributed by atoms with Crippen molar-refractivity contribution in [3.63, 3.8) is 0 Å². The summed E-state index contributed by atoms with van der Waals surface area (Å²) in [7, 11) is 0. The van der Waals surface area contributed by atoms with Crippen LogP contribution in [0.2, 0.25) is 0 Å². The van der Waals surface area contributed by atoms with E-state index >= 15 is 0 Å². The van der Waals surface area contributed by atoms with Crippen molar-refractivity contribution in [2.45, 2.75) is 12.8 Å². The zero-order chi connectivity index (χ0) is 9.10. The zero-order valence-corrected chi connectivity index (χ0v) is 7.23. The summed E-state index contributed by atoms with van der Waals surface area (Å²) in [6, 6.07) is 3.75. The topological polar surface area (TPSA) is 45.9 Å². The Kier molecular flexibility index (Phi) is 2.13. The third-order valence-corrected chi connectivity index (χ3v) is 2.02. The smallest absolute Gasteiger partial charge is 0.138 e. The van der Waals surface area contributed by atoms with Crippen molar-refractivity contribution in [2.75, 3.05) is 6.61 Å². The minimum Gasteiger partial charge on any atom is -0.492 e. The molecule has 1 aliphatic rings. The van der Waals surface area contributed by atoms with Gasteiger partial charge in [0.25, 0.3) is 0 Å². The molecule has 1 aromatic heterocycles. The molecule has 0 saturated heterocycles. The zero-order valence-electron chi connectivity index (χ0n) is 7.23. The minimum atomic E-state index is 0.549. The van der Waals surface area contributed by atoms with Crippen molar-refractivity contribution in [3.05, 3.63) is 24.0 Å². The van der Waals surface area contributed by atoms with E-state index in [1.807, 2.05) is 6.07 Å². The van der Waals surface area contributed by atoms with Gasteiger partial charge in [-0.15, -0.1) is 0 Å². The fourth-order valence-electron chi connectivity index (χ4n) is 1.06. The normalized spacial score (nSPS) is 15.0. The van der Waals surface area contributed by atoms with E-state index in [0.717, 1.165) is 12.5 Å². The van der Waals surface area contributed by atoms with Crippen LogP contribution in [0.5, 0.6) is 5.75 Å². The van der Waals surface area contributed by atoms with Gasteiger partial charge >= 0.3 is 0 Å². The number of aromatic nitrogens is 1. The van der Waals surface area contributed by atoms with Gasteiger partial charge in [-0.25, -0.2) is 0 Å². The Morgan fingerprint density at radius 3 is 3.08 bits per heavy atom. The van der Waals surface area contributed by atoms with Gasteiger partial charge in [-0.2, -0.15) is 5.26 Å². The van der Waals surface area contributed by atoms with Gasteiger partial charge in [-0.1, -0.05) is 0 Å². The summed E-state index contributed by atoms with van der Waals surface area (Å²) in [6.07, 6.45) is 5.71. The van der Waals surface area contributed by atoms with Crippen LogP contribution in [0.15, 0.2) is 18.5 Å². The Morgan fingerprint density at radius 2 is 2.38 bits per heavy atom. The first-order chi connectivity index (χ1) is 6.38. The van der Waals surface area contributed by atoms with Crippen LogP contribution in [0.4, 0.5) is 0 Å². The number of rotatable bonds is 3. The summed E-state index contributed by atoms with van der Waals surface area (Å²) >= 11 is 0. The van der Waals surface area contributed by atoms with E-state index in [2.05, 4.69) is 4.98 Å². The quantitative estimate of drug-likeness (QED) is 0.701. The number of hydrogen-bond donors (Lipinski definition) is 0. The maximum Gasteiger partial charge on any atom is 0.138 e. The van der Waals surface area contributed by atoms with E-state index in [9.17, 15) is 0 Å². The molecule has 0 N–H and O–H groups in total. The molecule has 0 bridgehead atoms. The molecule has 0 amide bonds. The molecular weight excluding hydrogens is 164 g/mol. The largest absolute Gasteiger partial charge is 0.492 e. The Balaban J connectivity index is 1.98. The lowest BCUT2D eigenvalue weighted by Gasteiger charge is -2.03. The monoisotopic (exact) mass is 174 g/mol. The third kappa shape index (κ3) is 2.19. The summed E-state index contributed by atoms with van der Waals surface area (Å²) in [5.74, 6) is 1.43. The second-order valence-corrected chi connectivity index (χ2v) is 3.28. The molecule has 3 heteroatoms. The molecule has 1 saturated carbocycles. The molecule has 0 atom stereocenters. The van der Waals surface area contributed by atoms with Crippen LogP contribution in [-0.2, 0) is 0 Å². The second kappa shape index (κ2) is 3.44. The molecule has 0 radical (unpaired) electrons. The van der Waals surface area contributed by atoms with E-state index in [0.29, 0.717) is 11.3 Å². The van der Waals surface area contributed by atoms with Crippen LogP contribution in [0.1, 0.15) is 18.4 Å². The number of pyridine rings is 1. The average molecular weight is 174 g/mol. The second-order valence-electron chi connectivity index (χ2n) is 3.28.